The largest absolute Gasteiger partial charge is 0.340 e. The van der Waals surface area contributed by atoms with Crippen LogP contribution in [-0.4, -0.2) is 31.6 Å². The van der Waals surface area contributed by atoms with Crippen LogP contribution in [0.3, 0.4) is 0 Å². The summed E-state index contributed by atoms with van der Waals surface area (Å²) < 4.78 is 26.2. The fourth-order valence-corrected chi connectivity index (χ4v) is 4.93. The first-order valence-electron chi connectivity index (χ1n) is 8.84. The number of sulfonamides is 1. The first kappa shape index (κ1) is 17.9. The Hall–Kier alpha value is -1.89. The Balaban J connectivity index is 2.05. The lowest BCUT2D eigenvalue weighted by atomic mass is 9.88. The molecule has 25 heavy (non-hydrogen) atoms. The van der Waals surface area contributed by atoms with Gasteiger partial charge in [0.25, 0.3) is 15.9 Å². The molecule has 1 unspecified atom stereocenters. The van der Waals surface area contributed by atoms with Crippen molar-refractivity contribution in [2.24, 2.45) is 0 Å². The molecule has 1 heterocycles. The third-order valence-electron chi connectivity index (χ3n) is 5.04. The van der Waals surface area contributed by atoms with E-state index in [9.17, 15) is 18.0 Å². The lowest BCUT2D eigenvalue weighted by Crippen LogP contribution is -2.48. The van der Waals surface area contributed by atoms with Gasteiger partial charge in [-0.1, -0.05) is 19.4 Å². The topological polar surface area (TPSA) is 83.6 Å². The van der Waals surface area contributed by atoms with Gasteiger partial charge in [0.05, 0.1) is 4.90 Å². The normalized spacial score (nSPS) is 21.4. The minimum Gasteiger partial charge on any atom is -0.340 e. The number of hydrogen-bond acceptors (Lipinski definition) is 4. The van der Waals surface area contributed by atoms with Gasteiger partial charge in [0.2, 0.25) is 5.91 Å². The lowest BCUT2D eigenvalue weighted by molar-refractivity contribution is -0.132. The Labute approximate surface area is 148 Å². The van der Waals surface area contributed by atoms with Crippen molar-refractivity contribution in [3.63, 3.8) is 0 Å². The molecule has 3 rings (SSSR count). The Morgan fingerprint density at radius 3 is 2.52 bits per heavy atom. The molecule has 1 aliphatic heterocycles. The number of rotatable bonds is 4. The van der Waals surface area contributed by atoms with Crippen LogP contribution in [0, 0.1) is 0 Å². The number of amides is 2. The highest BCUT2D eigenvalue weighted by Crippen LogP contribution is 2.36. The van der Waals surface area contributed by atoms with Crippen molar-refractivity contribution in [2.45, 2.75) is 62.8 Å². The molecule has 1 atom stereocenters. The molecule has 0 bridgehead atoms. The van der Waals surface area contributed by atoms with E-state index < -0.39 is 22.0 Å². The van der Waals surface area contributed by atoms with Crippen molar-refractivity contribution >= 4 is 21.8 Å². The van der Waals surface area contributed by atoms with E-state index in [1.54, 1.807) is 6.07 Å². The summed E-state index contributed by atoms with van der Waals surface area (Å²) in [5, 5.41) is 2.74. The van der Waals surface area contributed by atoms with Gasteiger partial charge in [0.1, 0.15) is 6.04 Å². The molecule has 0 spiro atoms. The molecule has 1 aromatic carbocycles. The Morgan fingerprint density at radius 2 is 1.88 bits per heavy atom. The van der Waals surface area contributed by atoms with Crippen LogP contribution in [0.25, 0.3) is 0 Å². The number of nitrogens with zero attached hydrogens (tertiary/aromatic N) is 1. The van der Waals surface area contributed by atoms with Crippen molar-refractivity contribution in [3.8, 4) is 0 Å². The van der Waals surface area contributed by atoms with Gasteiger partial charge >= 0.3 is 0 Å². The van der Waals surface area contributed by atoms with Crippen LogP contribution in [0.1, 0.15) is 61.8 Å². The molecule has 0 saturated heterocycles. The summed E-state index contributed by atoms with van der Waals surface area (Å²) in [6.07, 6.45) is 5.77. The number of nitrogens with one attached hydrogen (secondary N) is 1. The minimum absolute atomic E-state index is 0.149. The number of benzene rings is 1. The van der Waals surface area contributed by atoms with Gasteiger partial charge in [0, 0.05) is 19.0 Å². The molecule has 7 heteroatoms. The fraction of sp³-hybridized carbons (Fsp3) is 0.556. The number of unbranched alkanes of at least 4 members (excludes halogenated alkanes) is 1. The number of fused-ring (bicyclic) bond motifs is 2. The van der Waals surface area contributed by atoms with Crippen LogP contribution >= 0.6 is 0 Å². The van der Waals surface area contributed by atoms with Crippen LogP contribution in [0.2, 0.25) is 0 Å². The van der Waals surface area contributed by atoms with E-state index in [1.165, 1.54) is 7.05 Å². The third-order valence-corrected chi connectivity index (χ3v) is 6.85. The fourth-order valence-electron chi connectivity index (χ4n) is 3.52. The summed E-state index contributed by atoms with van der Waals surface area (Å²) in [6.45, 7) is 1.99. The highest BCUT2D eigenvalue weighted by Gasteiger charge is 2.42. The van der Waals surface area contributed by atoms with E-state index in [4.69, 9.17) is 0 Å². The second-order valence-electron chi connectivity index (χ2n) is 6.78. The highest BCUT2D eigenvalue weighted by molar-refractivity contribution is 7.89. The lowest BCUT2D eigenvalue weighted by Gasteiger charge is -2.33. The van der Waals surface area contributed by atoms with Gasteiger partial charge in [0.15, 0.2) is 0 Å². The summed E-state index contributed by atoms with van der Waals surface area (Å²) in [5.74, 6) is -0.829. The third kappa shape index (κ3) is 3.17. The van der Waals surface area contributed by atoms with Crippen molar-refractivity contribution in [2.75, 3.05) is 7.05 Å². The van der Waals surface area contributed by atoms with Gasteiger partial charge in [-0.3, -0.25) is 9.59 Å². The number of carbonyl (C=O) groups is 2. The Morgan fingerprint density at radius 1 is 1.24 bits per heavy atom. The predicted octanol–water partition coefficient (Wildman–Crippen LogP) is 2.07. The predicted molar refractivity (Wildman–Crippen MR) is 93.4 cm³/mol. The van der Waals surface area contributed by atoms with Crippen molar-refractivity contribution in [1.82, 2.24) is 9.62 Å². The summed E-state index contributed by atoms with van der Waals surface area (Å²) in [6, 6.07) is 2.59. The molecule has 2 amide bonds. The first-order chi connectivity index (χ1) is 11.9. The summed E-state index contributed by atoms with van der Waals surface area (Å²) in [7, 11) is -2.60. The number of aryl methyl sites for hydroxylation is 2. The zero-order valence-electron chi connectivity index (χ0n) is 14.7. The molecule has 2 aliphatic rings. The zero-order valence-corrected chi connectivity index (χ0v) is 15.5. The van der Waals surface area contributed by atoms with Crippen molar-refractivity contribution in [3.05, 3.63) is 28.8 Å². The standard InChI is InChI=1S/C18H24N2O4S/c1-3-4-9-16(21)19-17-14-10-12-7-5-6-8-13(12)11-15(14)25(23,24)20(2)18(17)22/h10-11,17H,3-9H2,1-2H3,(H,19,21). The highest BCUT2D eigenvalue weighted by atomic mass is 32.2. The van der Waals surface area contributed by atoms with Crippen LogP contribution in [0.15, 0.2) is 17.0 Å². The van der Waals surface area contributed by atoms with Crippen LogP contribution < -0.4 is 5.32 Å². The van der Waals surface area contributed by atoms with E-state index >= 15 is 0 Å². The molecule has 6 nitrogen and oxygen atoms in total. The minimum atomic E-state index is -3.86. The SMILES string of the molecule is CCCCC(=O)NC1C(=O)N(C)S(=O)(=O)c2cc3c(cc21)CCCC3. The molecule has 0 aromatic heterocycles. The average molecular weight is 364 g/mol. The molecular formula is C18H24N2O4S. The maximum atomic E-state index is 12.7. The smallest absolute Gasteiger partial charge is 0.266 e. The number of carbonyl (C=O) groups excluding carboxylic acids is 2. The second kappa shape index (κ2) is 6.78. The van der Waals surface area contributed by atoms with E-state index in [0.29, 0.717) is 12.0 Å². The van der Waals surface area contributed by atoms with Crippen molar-refractivity contribution < 1.29 is 18.0 Å². The van der Waals surface area contributed by atoms with E-state index in [0.717, 1.165) is 54.0 Å². The van der Waals surface area contributed by atoms with Gasteiger partial charge in [-0.2, -0.15) is 0 Å². The van der Waals surface area contributed by atoms with Gasteiger partial charge in [-0.15, -0.1) is 0 Å². The number of likely N-dealkylation sites (N-methyl/N-ethyl adjacent to an activating group) is 1. The van der Waals surface area contributed by atoms with Gasteiger partial charge in [-0.05, 0) is 49.3 Å². The number of hydrogen-bond donors (Lipinski definition) is 1. The quantitative estimate of drug-likeness (QED) is 0.886. The van der Waals surface area contributed by atoms with Gasteiger partial charge < -0.3 is 5.32 Å². The molecular weight excluding hydrogens is 340 g/mol. The molecule has 136 valence electrons. The maximum absolute atomic E-state index is 12.7. The Bertz CT molecular complexity index is 817. The summed E-state index contributed by atoms with van der Waals surface area (Å²) >= 11 is 0. The summed E-state index contributed by atoms with van der Waals surface area (Å²) in [4.78, 5) is 24.9. The van der Waals surface area contributed by atoms with Gasteiger partial charge in [-0.25, -0.2) is 12.7 Å². The monoisotopic (exact) mass is 364 g/mol. The molecule has 1 aliphatic carbocycles. The van der Waals surface area contributed by atoms with Crippen LogP contribution in [0.4, 0.5) is 0 Å². The summed E-state index contributed by atoms with van der Waals surface area (Å²) in [5.41, 5.74) is 2.53. The van der Waals surface area contributed by atoms with E-state index in [1.807, 2.05) is 13.0 Å². The molecule has 0 saturated carbocycles. The zero-order chi connectivity index (χ0) is 18.2. The maximum Gasteiger partial charge on any atom is 0.266 e. The molecule has 1 aromatic rings. The van der Waals surface area contributed by atoms with E-state index in [2.05, 4.69) is 5.32 Å². The van der Waals surface area contributed by atoms with Crippen LogP contribution in [-0.2, 0) is 32.5 Å². The van der Waals surface area contributed by atoms with Crippen LogP contribution in [0.5, 0.6) is 0 Å². The average Bonchev–Trinajstić information content (AvgIpc) is 2.61. The second-order valence-corrected chi connectivity index (χ2v) is 8.72. The molecule has 1 N–H and O–H groups in total. The Kier molecular flexibility index (Phi) is 4.86. The van der Waals surface area contributed by atoms with E-state index in [-0.39, 0.29) is 10.8 Å². The van der Waals surface area contributed by atoms with Crippen molar-refractivity contribution in [1.29, 1.82) is 0 Å². The molecule has 0 radical (unpaired) electrons. The molecule has 0 fully saturated rings. The first-order valence-corrected chi connectivity index (χ1v) is 10.3.